The lowest BCUT2D eigenvalue weighted by Crippen LogP contribution is -2.09. The molecule has 0 aliphatic rings. The zero-order valence-electron chi connectivity index (χ0n) is 15.5. The summed E-state index contributed by atoms with van der Waals surface area (Å²) in [7, 11) is 0. The van der Waals surface area contributed by atoms with E-state index in [1.54, 1.807) is 36.1 Å². The van der Waals surface area contributed by atoms with Crippen molar-refractivity contribution in [1.82, 2.24) is 29.3 Å². The van der Waals surface area contributed by atoms with Crippen molar-refractivity contribution in [3.8, 4) is 11.4 Å². The SMILES string of the molecule is CCn1cc(C(F)(F)F)nc1-c1ccc(C(C)n2ncc3cnc(Cl)nc32)cc1. The van der Waals surface area contributed by atoms with Crippen LogP contribution in [0.15, 0.2) is 42.9 Å². The second-order valence-corrected chi connectivity index (χ2v) is 6.88. The van der Waals surface area contributed by atoms with Crippen LogP contribution in [0.1, 0.15) is 31.1 Å². The molecule has 0 spiro atoms. The lowest BCUT2D eigenvalue weighted by Gasteiger charge is -2.14. The first-order valence-corrected chi connectivity index (χ1v) is 9.26. The largest absolute Gasteiger partial charge is 0.434 e. The number of hydrogen-bond donors (Lipinski definition) is 0. The zero-order valence-corrected chi connectivity index (χ0v) is 16.3. The highest BCUT2D eigenvalue weighted by Crippen LogP contribution is 2.31. The maximum Gasteiger partial charge on any atom is 0.434 e. The number of nitrogens with zero attached hydrogens (tertiary/aromatic N) is 6. The van der Waals surface area contributed by atoms with Gasteiger partial charge in [-0.05, 0) is 31.0 Å². The van der Waals surface area contributed by atoms with E-state index in [0.29, 0.717) is 17.8 Å². The number of fused-ring (bicyclic) bond motifs is 1. The van der Waals surface area contributed by atoms with Crippen molar-refractivity contribution in [2.75, 3.05) is 0 Å². The second-order valence-electron chi connectivity index (χ2n) is 6.54. The first kappa shape index (κ1) is 19.4. The molecule has 4 rings (SSSR count). The van der Waals surface area contributed by atoms with E-state index >= 15 is 0 Å². The molecule has 0 radical (unpaired) electrons. The van der Waals surface area contributed by atoms with Gasteiger partial charge in [0.15, 0.2) is 11.3 Å². The van der Waals surface area contributed by atoms with Crippen molar-refractivity contribution in [3.63, 3.8) is 0 Å². The summed E-state index contributed by atoms with van der Waals surface area (Å²) in [6.45, 7) is 4.11. The predicted molar refractivity (Wildman–Crippen MR) is 102 cm³/mol. The van der Waals surface area contributed by atoms with Crippen LogP contribution >= 0.6 is 11.6 Å². The Labute approximate surface area is 169 Å². The minimum atomic E-state index is -4.48. The summed E-state index contributed by atoms with van der Waals surface area (Å²) in [6.07, 6.45) is -0.181. The monoisotopic (exact) mass is 420 g/mol. The first-order chi connectivity index (χ1) is 13.8. The van der Waals surface area contributed by atoms with Gasteiger partial charge in [0.2, 0.25) is 5.28 Å². The summed E-state index contributed by atoms with van der Waals surface area (Å²) in [5.74, 6) is 0.281. The van der Waals surface area contributed by atoms with Gasteiger partial charge < -0.3 is 4.57 Å². The Morgan fingerprint density at radius 2 is 1.83 bits per heavy atom. The first-order valence-electron chi connectivity index (χ1n) is 8.88. The highest BCUT2D eigenvalue weighted by atomic mass is 35.5. The number of rotatable bonds is 4. The Morgan fingerprint density at radius 1 is 1.10 bits per heavy atom. The molecule has 4 aromatic rings. The number of aryl methyl sites for hydroxylation is 1. The molecule has 0 saturated carbocycles. The highest BCUT2D eigenvalue weighted by molar-refractivity contribution is 6.28. The Balaban J connectivity index is 1.67. The number of imidazole rings is 1. The number of benzene rings is 1. The van der Waals surface area contributed by atoms with Gasteiger partial charge in [0.1, 0.15) is 5.82 Å². The lowest BCUT2D eigenvalue weighted by molar-refractivity contribution is -0.140. The van der Waals surface area contributed by atoms with Crippen LogP contribution in [0, 0.1) is 0 Å². The molecule has 6 nitrogen and oxygen atoms in total. The van der Waals surface area contributed by atoms with Crippen molar-refractivity contribution in [2.45, 2.75) is 32.6 Å². The van der Waals surface area contributed by atoms with Crippen molar-refractivity contribution < 1.29 is 13.2 Å². The summed E-state index contributed by atoms with van der Waals surface area (Å²) < 4.78 is 42.2. The van der Waals surface area contributed by atoms with Crippen LogP contribution in [-0.4, -0.2) is 29.3 Å². The van der Waals surface area contributed by atoms with Gasteiger partial charge in [0.05, 0.1) is 17.6 Å². The number of alkyl halides is 3. The van der Waals surface area contributed by atoms with E-state index in [4.69, 9.17) is 11.6 Å². The zero-order chi connectivity index (χ0) is 20.8. The molecule has 1 aromatic carbocycles. The molecule has 1 atom stereocenters. The molecular formula is C19H16ClF3N6. The Morgan fingerprint density at radius 3 is 2.48 bits per heavy atom. The number of hydrogen-bond acceptors (Lipinski definition) is 4. The predicted octanol–water partition coefficient (Wildman–Crippen LogP) is 4.99. The number of halogens is 4. The van der Waals surface area contributed by atoms with Crippen molar-refractivity contribution in [1.29, 1.82) is 0 Å². The van der Waals surface area contributed by atoms with Crippen molar-refractivity contribution in [3.05, 3.63) is 59.4 Å². The average molecular weight is 421 g/mol. The minimum Gasteiger partial charge on any atom is -0.331 e. The van der Waals surface area contributed by atoms with Crippen LogP contribution in [0.25, 0.3) is 22.4 Å². The topological polar surface area (TPSA) is 61.4 Å². The molecule has 0 N–H and O–H groups in total. The molecule has 0 aliphatic carbocycles. The number of aromatic nitrogens is 6. The van der Waals surface area contributed by atoms with Gasteiger partial charge >= 0.3 is 6.18 Å². The fourth-order valence-electron chi connectivity index (χ4n) is 3.17. The van der Waals surface area contributed by atoms with Gasteiger partial charge in [0, 0.05) is 24.5 Å². The molecule has 29 heavy (non-hydrogen) atoms. The molecule has 3 aromatic heterocycles. The molecule has 0 aliphatic heterocycles. The van der Waals surface area contributed by atoms with E-state index in [2.05, 4.69) is 20.1 Å². The molecule has 150 valence electrons. The second kappa shape index (κ2) is 7.14. The average Bonchev–Trinajstić information content (AvgIpc) is 3.31. The van der Waals surface area contributed by atoms with Crippen LogP contribution in [0.5, 0.6) is 0 Å². The van der Waals surface area contributed by atoms with Gasteiger partial charge in [-0.25, -0.2) is 14.6 Å². The van der Waals surface area contributed by atoms with Crippen LogP contribution in [0.2, 0.25) is 5.28 Å². The highest BCUT2D eigenvalue weighted by Gasteiger charge is 2.34. The lowest BCUT2D eigenvalue weighted by atomic mass is 10.1. The molecule has 0 saturated heterocycles. The van der Waals surface area contributed by atoms with E-state index < -0.39 is 11.9 Å². The van der Waals surface area contributed by atoms with E-state index in [1.165, 1.54) is 4.57 Å². The van der Waals surface area contributed by atoms with Gasteiger partial charge in [-0.1, -0.05) is 24.3 Å². The Hall–Kier alpha value is -2.94. The fourth-order valence-corrected chi connectivity index (χ4v) is 3.30. The van der Waals surface area contributed by atoms with Gasteiger partial charge in [-0.3, -0.25) is 0 Å². The molecule has 10 heteroatoms. The summed E-state index contributed by atoms with van der Waals surface area (Å²) in [4.78, 5) is 12.0. The Kier molecular flexibility index (Phi) is 4.77. The third kappa shape index (κ3) is 3.57. The standard InChI is InChI=1S/C19H16ClF3N6/c1-3-28-10-15(19(21,22)23)26-16(28)13-6-4-12(5-7-13)11(2)29-17-14(9-25-29)8-24-18(20)27-17/h4-11H,3H2,1-2H3. The van der Waals surface area contributed by atoms with Crippen LogP contribution in [0.3, 0.4) is 0 Å². The summed E-state index contributed by atoms with van der Waals surface area (Å²) in [5.41, 5.74) is 1.23. The Bertz CT molecular complexity index is 1160. The van der Waals surface area contributed by atoms with E-state index in [1.807, 2.05) is 19.1 Å². The molecule has 1 unspecified atom stereocenters. The van der Waals surface area contributed by atoms with Gasteiger partial charge in [0.25, 0.3) is 0 Å². The molecule has 3 heterocycles. The molecular weight excluding hydrogens is 405 g/mol. The molecule has 0 amide bonds. The molecule has 0 fully saturated rings. The maximum absolute atomic E-state index is 13.0. The third-order valence-corrected chi connectivity index (χ3v) is 4.91. The van der Waals surface area contributed by atoms with E-state index in [0.717, 1.165) is 17.1 Å². The van der Waals surface area contributed by atoms with Crippen LogP contribution in [-0.2, 0) is 12.7 Å². The van der Waals surface area contributed by atoms with E-state index in [-0.39, 0.29) is 17.1 Å². The smallest absolute Gasteiger partial charge is 0.331 e. The van der Waals surface area contributed by atoms with Crippen LogP contribution in [0.4, 0.5) is 13.2 Å². The summed E-state index contributed by atoms with van der Waals surface area (Å²) in [6, 6.07) is 7.04. The third-order valence-electron chi connectivity index (χ3n) is 4.73. The maximum atomic E-state index is 13.0. The van der Waals surface area contributed by atoms with Gasteiger partial charge in [-0.15, -0.1) is 0 Å². The quantitative estimate of drug-likeness (QED) is 0.436. The normalized spacial score (nSPS) is 13.2. The van der Waals surface area contributed by atoms with Crippen molar-refractivity contribution >= 4 is 22.6 Å². The minimum absolute atomic E-state index is 0.133. The van der Waals surface area contributed by atoms with Gasteiger partial charge in [-0.2, -0.15) is 23.3 Å². The van der Waals surface area contributed by atoms with Crippen LogP contribution < -0.4 is 0 Å². The van der Waals surface area contributed by atoms with E-state index in [9.17, 15) is 13.2 Å². The fraction of sp³-hybridized carbons (Fsp3) is 0.263. The molecule has 0 bridgehead atoms. The summed E-state index contributed by atoms with van der Waals surface area (Å²) >= 11 is 5.90. The van der Waals surface area contributed by atoms with Crippen molar-refractivity contribution in [2.24, 2.45) is 0 Å². The summed E-state index contributed by atoms with van der Waals surface area (Å²) in [5, 5.41) is 5.26.